The van der Waals surface area contributed by atoms with Crippen LogP contribution in [0.5, 0.6) is 5.75 Å². The fraction of sp³-hybridized carbons (Fsp3) is 0.346. The van der Waals surface area contributed by atoms with Crippen molar-refractivity contribution in [2.45, 2.75) is 25.8 Å². The zero-order valence-electron chi connectivity index (χ0n) is 17.9. The summed E-state index contributed by atoms with van der Waals surface area (Å²) in [7, 11) is 0. The number of benzene rings is 2. The van der Waals surface area contributed by atoms with Crippen LogP contribution < -0.4 is 10.1 Å². The van der Waals surface area contributed by atoms with E-state index in [9.17, 15) is 14.4 Å². The van der Waals surface area contributed by atoms with Crippen LogP contribution in [0.2, 0.25) is 0 Å². The summed E-state index contributed by atoms with van der Waals surface area (Å²) in [6, 6.07) is 15.9. The minimum absolute atomic E-state index is 0.0108. The van der Waals surface area contributed by atoms with Crippen LogP contribution in [0, 0.1) is 23.7 Å². The number of allylic oxidation sites excluding steroid dienone is 2. The Bertz CT molecular complexity index is 1030. The minimum atomic E-state index is -0.621. The van der Waals surface area contributed by atoms with E-state index < -0.39 is 6.04 Å². The molecule has 0 spiro atoms. The number of imide groups is 1. The van der Waals surface area contributed by atoms with Gasteiger partial charge in [-0.25, -0.2) is 0 Å². The molecular weight excluding hydrogens is 404 g/mol. The molecule has 5 rings (SSSR count). The lowest BCUT2D eigenvalue weighted by molar-refractivity contribution is -0.144. The van der Waals surface area contributed by atoms with E-state index in [2.05, 4.69) is 17.5 Å². The standard InChI is InChI=1S/C26H26N2O4/c1-2-32-20-12-10-19(11-13-20)27-22(29)15-21(16-6-4-3-5-7-16)28-25(30)23-17-8-9-18(14-17)24(23)26(28)31/h3-13,17-18,21,23-24H,2,14-15H2,1H3,(H,27,29). The molecule has 1 saturated carbocycles. The highest BCUT2D eigenvalue weighted by Gasteiger charge is 2.60. The summed E-state index contributed by atoms with van der Waals surface area (Å²) in [4.78, 5) is 41.1. The van der Waals surface area contributed by atoms with Gasteiger partial charge in [-0.15, -0.1) is 0 Å². The number of fused-ring (bicyclic) bond motifs is 5. The topological polar surface area (TPSA) is 75.7 Å². The Labute approximate surface area is 187 Å². The van der Waals surface area contributed by atoms with Crippen molar-refractivity contribution in [3.05, 3.63) is 72.3 Å². The first-order valence-corrected chi connectivity index (χ1v) is 11.2. The lowest BCUT2D eigenvalue weighted by Crippen LogP contribution is -2.38. The molecule has 0 aromatic heterocycles. The number of hydrogen-bond donors (Lipinski definition) is 1. The lowest BCUT2D eigenvalue weighted by Gasteiger charge is -2.28. The first-order valence-electron chi connectivity index (χ1n) is 11.2. The third-order valence-corrected chi connectivity index (χ3v) is 6.83. The smallest absolute Gasteiger partial charge is 0.234 e. The molecule has 2 aromatic carbocycles. The van der Waals surface area contributed by atoms with E-state index in [1.54, 1.807) is 24.3 Å². The summed E-state index contributed by atoms with van der Waals surface area (Å²) in [6.07, 6.45) is 5.05. The van der Waals surface area contributed by atoms with Gasteiger partial charge in [-0.2, -0.15) is 0 Å². The fourth-order valence-corrected chi connectivity index (χ4v) is 5.45. The van der Waals surface area contributed by atoms with E-state index >= 15 is 0 Å². The average molecular weight is 431 g/mol. The Morgan fingerprint density at radius 3 is 2.22 bits per heavy atom. The second-order valence-electron chi connectivity index (χ2n) is 8.68. The zero-order valence-corrected chi connectivity index (χ0v) is 17.9. The number of likely N-dealkylation sites (tertiary alicyclic amines) is 1. The van der Waals surface area contributed by atoms with Crippen LogP contribution in [0.1, 0.15) is 31.4 Å². The van der Waals surface area contributed by atoms with Crippen LogP contribution in [0.25, 0.3) is 0 Å². The Balaban J connectivity index is 1.37. The molecule has 3 amide bonds. The lowest BCUT2D eigenvalue weighted by atomic mass is 9.85. The van der Waals surface area contributed by atoms with Gasteiger partial charge in [-0.1, -0.05) is 42.5 Å². The largest absolute Gasteiger partial charge is 0.494 e. The van der Waals surface area contributed by atoms with E-state index in [1.165, 1.54) is 4.90 Å². The number of nitrogens with one attached hydrogen (secondary N) is 1. The molecule has 164 valence electrons. The summed E-state index contributed by atoms with van der Waals surface area (Å²) in [5, 5.41) is 2.89. The number of carbonyl (C=O) groups is 3. The average Bonchev–Trinajstić information content (AvgIpc) is 3.48. The van der Waals surface area contributed by atoms with Gasteiger partial charge >= 0.3 is 0 Å². The number of hydrogen-bond acceptors (Lipinski definition) is 4. The summed E-state index contributed by atoms with van der Waals surface area (Å²) >= 11 is 0. The Kier molecular flexibility index (Phi) is 5.29. The van der Waals surface area contributed by atoms with Crippen molar-refractivity contribution >= 4 is 23.4 Å². The molecule has 5 atom stereocenters. The number of nitrogens with zero attached hydrogens (tertiary/aromatic N) is 1. The second kappa shape index (κ2) is 8.26. The molecule has 32 heavy (non-hydrogen) atoms. The Morgan fingerprint density at radius 1 is 1.00 bits per heavy atom. The molecule has 2 aromatic rings. The quantitative estimate of drug-likeness (QED) is 0.533. The van der Waals surface area contributed by atoms with Gasteiger partial charge in [0.25, 0.3) is 0 Å². The summed E-state index contributed by atoms with van der Waals surface area (Å²) in [5.41, 5.74) is 1.43. The van der Waals surface area contributed by atoms with Crippen molar-refractivity contribution in [1.82, 2.24) is 4.90 Å². The van der Waals surface area contributed by atoms with Gasteiger partial charge < -0.3 is 10.1 Å². The van der Waals surface area contributed by atoms with Crippen LogP contribution in [0.15, 0.2) is 66.7 Å². The summed E-state index contributed by atoms with van der Waals surface area (Å²) < 4.78 is 5.44. The van der Waals surface area contributed by atoms with Crippen LogP contribution >= 0.6 is 0 Å². The molecule has 1 aliphatic heterocycles. The molecule has 6 nitrogen and oxygen atoms in total. The highest BCUT2D eigenvalue weighted by molar-refractivity contribution is 6.07. The predicted octanol–water partition coefficient (Wildman–Crippen LogP) is 3.96. The van der Waals surface area contributed by atoms with E-state index in [-0.39, 0.29) is 47.8 Å². The van der Waals surface area contributed by atoms with Gasteiger partial charge in [0.1, 0.15) is 5.75 Å². The monoisotopic (exact) mass is 430 g/mol. The maximum atomic E-state index is 13.4. The van der Waals surface area contributed by atoms with Crippen LogP contribution in [0.3, 0.4) is 0 Å². The van der Waals surface area contributed by atoms with Gasteiger partial charge in [0.15, 0.2) is 0 Å². The first-order chi connectivity index (χ1) is 15.6. The molecule has 1 N–H and O–H groups in total. The highest BCUT2D eigenvalue weighted by atomic mass is 16.5. The van der Waals surface area contributed by atoms with Gasteiger partial charge in [0, 0.05) is 5.69 Å². The molecule has 5 unspecified atom stereocenters. The number of ether oxygens (including phenoxy) is 1. The van der Waals surface area contributed by atoms with Crippen molar-refractivity contribution in [2.24, 2.45) is 23.7 Å². The van der Waals surface area contributed by atoms with E-state index in [4.69, 9.17) is 4.74 Å². The normalized spacial score (nSPS) is 26.3. The third-order valence-electron chi connectivity index (χ3n) is 6.83. The highest BCUT2D eigenvalue weighted by Crippen LogP contribution is 2.54. The summed E-state index contributed by atoms with van der Waals surface area (Å²) in [5.74, 6) is -0.0755. The maximum Gasteiger partial charge on any atom is 0.234 e. The Hall–Kier alpha value is -3.41. The maximum absolute atomic E-state index is 13.4. The number of anilines is 1. The predicted molar refractivity (Wildman–Crippen MR) is 120 cm³/mol. The first kappa shape index (κ1) is 20.5. The molecule has 0 radical (unpaired) electrons. The van der Waals surface area contributed by atoms with Crippen molar-refractivity contribution in [2.75, 3.05) is 11.9 Å². The van der Waals surface area contributed by atoms with Crippen molar-refractivity contribution in [3.63, 3.8) is 0 Å². The van der Waals surface area contributed by atoms with Crippen LogP contribution in [0.4, 0.5) is 5.69 Å². The number of amides is 3. The van der Waals surface area contributed by atoms with E-state index in [0.717, 1.165) is 17.7 Å². The molecule has 6 heteroatoms. The SMILES string of the molecule is CCOc1ccc(NC(=O)CC(c2ccccc2)N2C(=O)C3C4C=CC(C4)C3C2=O)cc1. The van der Waals surface area contributed by atoms with Gasteiger partial charge in [-0.05, 0) is 55.0 Å². The third kappa shape index (κ3) is 3.49. The van der Waals surface area contributed by atoms with Gasteiger partial charge in [0.2, 0.25) is 17.7 Å². The van der Waals surface area contributed by atoms with Crippen LogP contribution in [-0.4, -0.2) is 29.2 Å². The van der Waals surface area contributed by atoms with E-state index in [0.29, 0.717) is 12.3 Å². The summed E-state index contributed by atoms with van der Waals surface area (Å²) in [6.45, 7) is 2.48. The van der Waals surface area contributed by atoms with Gasteiger partial charge in [-0.3, -0.25) is 19.3 Å². The number of carbonyl (C=O) groups excluding carboxylic acids is 3. The molecule has 1 heterocycles. The minimum Gasteiger partial charge on any atom is -0.494 e. The van der Waals surface area contributed by atoms with Crippen molar-refractivity contribution in [1.29, 1.82) is 0 Å². The van der Waals surface area contributed by atoms with Crippen molar-refractivity contribution in [3.8, 4) is 5.75 Å². The molecule has 3 aliphatic rings. The molecule has 1 saturated heterocycles. The zero-order chi connectivity index (χ0) is 22.2. The van der Waals surface area contributed by atoms with Crippen LogP contribution in [-0.2, 0) is 14.4 Å². The molecule has 2 bridgehead atoms. The van der Waals surface area contributed by atoms with E-state index in [1.807, 2.05) is 37.3 Å². The second-order valence-corrected chi connectivity index (χ2v) is 8.68. The van der Waals surface area contributed by atoms with Crippen molar-refractivity contribution < 1.29 is 19.1 Å². The number of rotatable bonds is 7. The molecular formula is C26H26N2O4. The fourth-order valence-electron chi connectivity index (χ4n) is 5.45. The Morgan fingerprint density at radius 2 is 1.62 bits per heavy atom. The molecule has 2 fully saturated rings. The van der Waals surface area contributed by atoms with Gasteiger partial charge in [0.05, 0.1) is 30.9 Å². The molecule has 2 aliphatic carbocycles.